The monoisotopic (exact) mass is 297 g/mol. The smallest absolute Gasteiger partial charge is 0.333 e. The highest BCUT2D eigenvalue weighted by atomic mass is 35.5. The van der Waals surface area contributed by atoms with Gasteiger partial charge in [0, 0.05) is 12.1 Å². The fourth-order valence-corrected chi connectivity index (χ4v) is 2.31. The lowest BCUT2D eigenvalue weighted by Crippen LogP contribution is -2.06. The van der Waals surface area contributed by atoms with Crippen molar-refractivity contribution in [3.05, 3.63) is 28.8 Å². The van der Waals surface area contributed by atoms with E-state index >= 15 is 0 Å². The van der Waals surface area contributed by atoms with E-state index in [9.17, 15) is 4.79 Å². The summed E-state index contributed by atoms with van der Waals surface area (Å²) in [6.07, 6.45) is 1.74. The average molecular weight is 298 g/mol. The number of carbonyl (C=O) groups is 1. The third-order valence-corrected chi connectivity index (χ3v) is 3.43. The maximum absolute atomic E-state index is 11.2. The normalized spacial score (nSPS) is 11.6. The van der Waals surface area contributed by atoms with Crippen molar-refractivity contribution in [1.82, 2.24) is 8.75 Å². The molecular formula is C12H12ClN3O2S. The van der Waals surface area contributed by atoms with E-state index in [0.29, 0.717) is 17.1 Å². The standard InChI is InChI=1S/C12H12ClN3O2S/c1-7(12(17)18-2)5-6-14-10-8(13)3-4-9-11(10)16-19-15-9/h3-5,14H,6H2,1-2H3/b7-5+. The van der Waals surface area contributed by atoms with Gasteiger partial charge in [-0.15, -0.1) is 0 Å². The minimum absolute atomic E-state index is 0.346. The van der Waals surface area contributed by atoms with Crippen molar-refractivity contribution in [1.29, 1.82) is 0 Å². The molecule has 0 atom stereocenters. The molecule has 1 heterocycles. The Morgan fingerprint density at radius 2 is 2.32 bits per heavy atom. The molecule has 0 spiro atoms. The van der Waals surface area contributed by atoms with Crippen molar-refractivity contribution in [3.8, 4) is 0 Å². The zero-order chi connectivity index (χ0) is 13.8. The molecule has 2 rings (SSSR count). The molecule has 1 N–H and O–H groups in total. The Morgan fingerprint density at radius 1 is 1.53 bits per heavy atom. The molecular weight excluding hydrogens is 286 g/mol. The van der Waals surface area contributed by atoms with Gasteiger partial charge in [-0.2, -0.15) is 8.75 Å². The van der Waals surface area contributed by atoms with Crippen molar-refractivity contribution in [2.75, 3.05) is 19.0 Å². The molecule has 0 radical (unpaired) electrons. The SMILES string of the molecule is COC(=O)/C(C)=C/CNc1c(Cl)ccc2nsnc12. The molecule has 7 heteroatoms. The molecule has 0 saturated heterocycles. The molecule has 5 nitrogen and oxygen atoms in total. The van der Waals surface area contributed by atoms with Crippen LogP contribution in [-0.2, 0) is 9.53 Å². The van der Waals surface area contributed by atoms with Gasteiger partial charge < -0.3 is 10.1 Å². The van der Waals surface area contributed by atoms with Crippen LogP contribution in [0, 0.1) is 0 Å². The second-order valence-corrected chi connectivity index (χ2v) is 4.75. The number of halogens is 1. The molecule has 0 aliphatic rings. The van der Waals surface area contributed by atoms with Gasteiger partial charge in [0.1, 0.15) is 11.0 Å². The van der Waals surface area contributed by atoms with Gasteiger partial charge >= 0.3 is 5.97 Å². The molecule has 0 bridgehead atoms. The van der Waals surface area contributed by atoms with Gasteiger partial charge in [-0.1, -0.05) is 17.7 Å². The van der Waals surface area contributed by atoms with Crippen LogP contribution >= 0.6 is 23.3 Å². The third kappa shape index (κ3) is 3.02. The van der Waals surface area contributed by atoms with Crippen LogP contribution in [0.25, 0.3) is 11.0 Å². The molecule has 1 aromatic carbocycles. The molecule has 0 saturated carbocycles. The lowest BCUT2D eigenvalue weighted by molar-refractivity contribution is -0.136. The predicted octanol–water partition coefficient (Wildman–Crippen LogP) is 2.88. The van der Waals surface area contributed by atoms with Gasteiger partial charge in [0.05, 0.1) is 29.5 Å². The molecule has 0 amide bonds. The van der Waals surface area contributed by atoms with Gasteiger partial charge in [-0.05, 0) is 19.1 Å². The van der Waals surface area contributed by atoms with Crippen LogP contribution in [0.4, 0.5) is 5.69 Å². The Bertz CT molecular complexity index is 639. The molecule has 100 valence electrons. The van der Waals surface area contributed by atoms with Crippen LogP contribution in [-0.4, -0.2) is 28.4 Å². The highest BCUT2D eigenvalue weighted by Gasteiger charge is 2.09. The first kappa shape index (κ1) is 13.8. The maximum Gasteiger partial charge on any atom is 0.333 e. The van der Waals surface area contributed by atoms with Crippen LogP contribution in [0.1, 0.15) is 6.92 Å². The number of nitrogens with one attached hydrogen (secondary N) is 1. The number of benzene rings is 1. The second-order valence-electron chi connectivity index (χ2n) is 3.81. The van der Waals surface area contributed by atoms with E-state index in [1.807, 2.05) is 6.07 Å². The Kier molecular flexibility index (Phi) is 4.34. The maximum atomic E-state index is 11.2. The molecule has 0 unspecified atom stereocenters. The van der Waals surface area contributed by atoms with Crippen molar-refractivity contribution in [2.24, 2.45) is 0 Å². The summed E-state index contributed by atoms with van der Waals surface area (Å²) in [6, 6.07) is 3.59. The van der Waals surface area contributed by atoms with Crippen molar-refractivity contribution >= 4 is 46.0 Å². The molecule has 0 fully saturated rings. The molecule has 0 aliphatic carbocycles. The quantitative estimate of drug-likeness (QED) is 0.694. The number of hydrogen-bond donors (Lipinski definition) is 1. The highest BCUT2D eigenvalue weighted by Crippen LogP contribution is 2.29. The van der Waals surface area contributed by atoms with Crippen molar-refractivity contribution in [2.45, 2.75) is 6.92 Å². The van der Waals surface area contributed by atoms with Gasteiger partial charge in [0.15, 0.2) is 0 Å². The van der Waals surface area contributed by atoms with Gasteiger partial charge in [-0.25, -0.2) is 4.79 Å². The Balaban J connectivity index is 2.16. The summed E-state index contributed by atoms with van der Waals surface area (Å²) in [4.78, 5) is 11.2. The minimum atomic E-state index is -0.346. The van der Waals surface area contributed by atoms with Crippen LogP contribution in [0.15, 0.2) is 23.8 Å². The fourth-order valence-electron chi connectivity index (χ4n) is 1.55. The first-order valence-electron chi connectivity index (χ1n) is 5.53. The largest absolute Gasteiger partial charge is 0.466 e. The van der Waals surface area contributed by atoms with Crippen LogP contribution in [0.2, 0.25) is 5.02 Å². The average Bonchev–Trinajstić information content (AvgIpc) is 2.88. The molecule has 1 aromatic heterocycles. The van der Waals surface area contributed by atoms with Crippen molar-refractivity contribution < 1.29 is 9.53 Å². The summed E-state index contributed by atoms with van der Waals surface area (Å²) < 4.78 is 13.0. The first-order valence-corrected chi connectivity index (χ1v) is 6.64. The number of aromatic nitrogens is 2. The second kappa shape index (κ2) is 5.99. The highest BCUT2D eigenvalue weighted by molar-refractivity contribution is 7.00. The van der Waals surface area contributed by atoms with Gasteiger partial charge in [0.2, 0.25) is 0 Å². The Hall–Kier alpha value is -1.66. The minimum Gasteiger partial charge on any atom is -0.466 e. The Labute approximate surface area is 119 Å². The lowest BCUT2D eigenvalue weighted by atomic mass is 10.2. The number of methoxy groups -OCH3 is 1. The number of esters is 1. The van der Waals surface area contributed by atoms with E-state index in [0.717, 1.165) is 28.4 Å². The van der Waals surface area contributed by atoms with E-state index in [1.54, 1.807) is 19.1 Å². The summed E-state index contributed by atoms with van der Waals surface area (Å²) in [6.45, 7) is 2.15. The summed E-state index contributed by atoms with van der Waals surface area (Å²) in [5.41, 5.74) is 2.80. The van der Waals surface area contributed by atoms with E-state index in [-0.39, 0.29) is 5.97 Å². The third-order valence-electron chi connectivity index (χ3n) is 2.57. The lowest BCUT2D eigenvalue weighted by Gasteiger charge is -2.07. The van der Waals surface area contributed by atoms with Crippen molar-refractivity contribution in [3.63, 3.8) is 0 Å². The summed E-state index contributed by atoms with van der Waals surface area (Å²) in [7, 11) is 1.35. The number of rotatable bonds is 4. The number of nitrogens with zero attached hydrogens (tertiary/aromatic N) is 2. The van der Waals surface area contributed by atoms with Gasteiger partial charge in [-0.3, -0.25) is 0 Å². The van der Waals surface area contributed by atoms with E-state index in [4.69, 9.17) is 11.6 Å². The topological polar surface area (TPSA) is 64.1 Å². The van der Waals surface area contributed by atoms with E-state index < -0.39 is 0 Å². The van der Waals surface area contributed by atoms with Crippen LogP contribution in [0.3, 0.4) is 0 Å². The molecule has 19 heavy (non-hydrogen) atoms. The number of anilines is 1. The number of hydrogen-bond acceptors (Lipinski definition) is 6. The Morgan fingerprint density at radius 3 is 3.05 bits per heavy atom. The predicted molar refractivity (Wildman–Crippen MR) is 76.7 cm³/mol. The fraction of sp³-hybridized carbons (Fsp3) is 0.250. The summed E-state index contributed by atoms with van der Waals surface area (Å²) in [5, 5.41) is 3.71. The van der Waals surface area contributed by atoms with E-state index in [2.05, 4.69) is 18.8 Å². The number of carbonyl (C=O) groups excluding carboxylic acids is 1. The molecule has 2 aromatic rings. The number of ether oxygens (including phenoxy) is 1. The first-order chi connectivity index (χ1) is 9.13. The zero-order valence-electron chi connectivity index (χ0n) is 10.4. The van der Waals surface area contributed by atoms with Gasteiger partial charge in [0.25, 0.3) is 0 Å². The number of fused-ring (bicyclic) bond motifs is 1. The zero-order valence-corrected chi connectivity index (χ0v) is 12.0. The van der Waals surface area contributed by atoms with E-state index in [1.165, 1.54) is 7.11 Å². The summed E-state index contributed by atoms with van der Waals surface area (Å²) >= 11 is 7.26. The molecule has 0 aliphatic heterocycles. The van der Waals surface area contributed by atoms with Crippen LogP contribution < -0.4 is 5.32 Å². The summed E-state index contributed by atoms with van der Waals surface area (Å²) in [5.74, 6) is -0.346. The van der Waals surface area contributed by atoms with Crippen LogP contribution in [0.5, 0.6) is 0 Å².